The molecule has 9 nitrogen and oxygen atoms in total. The normalized spacial score (nSPS) is 16.9. The van der Waals surface area contributed by atoms with Crippen molar-refractivity contribution < 1.29 is 29.4 Å². The maximum atomic E-state index is 12.4. The van der Waals surface area contributed by atoms with E-state index in [1.54, 1.807) is 5.48 Å². The van der Waals surface area contributed by atoms with Crippen molar-refractivity contribution in [1.29, 1.82) is 0 Å². The second-order valence-electron chi connectivity index (χ2n) is 15.5. The molecular formula is C47H69N3O6. The van der Waals surface area contributed by atoms with E-state index in [0.717, 1.165) is 59.4 Å². The highest BCUT2D eigenvalue weighted by Gasteiger charge is 2.33. The third kappa shape index (κ3) is 16.5. The van der Waals surface area contributed by atoms with Gasteiger partial charge in [0.2, 0.25) is 11.8 Å². The van der Waals surface area contributed by atoms with E-state index in [0.29, 0.717) is 25.8 Å². The lowest BCUT2D eigenvalue weighted by molar-refractivity contribution is -0.253. The smallest absolute Gasteiger partial charge is 0.243 e. The monoisotopic (exact) mass is 772 g/mol. The SMILES string of the molecule is CCCCCCCCN(CCCCCCCC)C[C@H]1C[C@@H](c2ccc(CO)cc2)O[C@@H](c2ccc(-c3cccc(CNC(=O)CCCCC(=O)NO)c3)cc2)O1. The number of hydrogen-bond acceptors (Lipinski definition) is 7. The van der Waals surface area contributed by atoms with Crippen LogP contribution in [0.15, 0.2) is 72.8 Å². The molecule has 1 saturated heterocycles. The number of carbonyl (C=O) groups excluding carboxylic acids is 2. The molecule has 2 amide bonds. The van der Waals surface area contributed by atoms with Crippen LogP contribution in [0.3, 0.4) is 0 Å². The summed E-state index contributed by atoms with van der Waals surface area (Å²) in [7, 11) is 0. The van der Waals surface area contributed by atoms with Gasteiger partial charge >= 0.3 is 0 Å². The van der Waals surface area contributed by atoms with Crippen molar-refractivity contribution in [2.45, 2.75) is 155 Å². The zero-order valence-corrected chi connectivity index (χ0v) is 34.2. The van der Waals surface area contributed by atoms with Crippen molar-refractivity contribution in [2.24, 2.45) is 0 Å². The lowest BCUT2D eigenvalue weighted by Crippen LogP contribution is -2.40. The lowest BCUT2D eigenvalue weighted by atomic mass is 9.98. The number of hydrogen-bond donors (Lipinski definition) is 4. The molecule has 1 aliphatic rings. The van der Waals surface area contributed by atoms with Gasteiger partial charge in [0.25, 0.3) is 0 Å². The Hall–Kier alpha value is -3.60. The van der Waals surface area contributed by atoms with Gasteiger partial charge < -0.3 is 24.8 Å². The highest BCUT2D eigenvalue weighted by atomic mass is 16.7. The third-order valence-corrected chi connectivity index (χ3v) is 10.8. The largest absolute Gasteiger partial charge is 0.392 e. The maximum absolute atomic E-state index is 12.4. The number of aliphatic hydroxyl groups is 1. The maximum Gasteiger partial charge on any atom is 0.243 e. The Kier molecular flexibility index (Phi) is 21.2. The number of rotatable bonds is 27. The molecule has 3 atom stereocenters. The van der Waals surface area contributed by atoms with Crippen LogP contribution in [0, 0.1) is 0 Å². The lowest BCUT2D eigenvalue weighted by Gasteiger charge is -2.38. The van der Waals surface area contributed by atoms with E-state index < -0.39 is 12.2 Å². The van der Waals surface area contributed by atoms with Gasteiger partial charge in [-0.15, -0.1) is 0 Å². The molecule has 0 aromatic heterocycles. The predicted octanol–water partition coefficient (Wildman–Crippen LogP) is 10.1. The summed E-state index contributed by atoms with van der Waals surface area (Å²) in [5.74, 6) is -0.502. The fourth-order valence-electron chi connectivity index (χ4n) is 7.46. The third-order valence-electron chi connectivity index (χ3n) is 10.8. The Morgan fingerprint density at radius 1 is 0.679 bits per heavy atom. The first-order chi connectivity index (χ1) is 27.4. The van der Waals surface area contributed by atoms with E-state index in [1.165, 1.54) is 77.0 Å². The molecule has 308 valence electrons. The molecule has 56 heavy (non-hydrogen) atoms. The van der Waals surface area contributed by atoms with Crippen LogP contribution in [-0.4, -0.2) is 52.8 Å². The Balaban J connectivity index is 1.42. The Morgan fingerprint density at radius 3 is 1.91 bits per heavy atom. The molecule has 1 aliphatic heterocycles. The molecule has 1 fully saturated rings. The van der Waals surface area contributed by atoms with Crippen LogP contribution in [0.25, 0.3) is 11.1 Å². The summed E-state index contributed by atoms with van der Waals surface area (Å²) in [4.78, 5) is 26.2. The summed E-state index contributed by atoms with van der Waals surface area (Å²) in [6, 6.07) is 24.7. The zero-order chi connectivity index (χ0) is 39.8. The number of nitrogens with one attached hydrogen (secondary N) is 2. The zero-order valence-electron chi connectivity index (χ0n) is 34.2. The molecule has 0 saturated carbocycles. The number of aliphatic hydroxyl groups excluding tert-OH is 1. The Morgan fingerprint density at radius 2 is 1.29 bits per heavy atom. The summed E-state index contributed by atoms with van der Waals surface area (Å²) in [6.07, 6.45) is 17.3. The van der Waals surface area contributed by atoms with Gasteiger partial charge in [-0.25, -0.2) is 5.48 Å². The minimum atomic E-state index is -0.505. The second kappa shape index (κ2) is 26.3. The molecule has 0 aliphatic carbocycles. The van der Waals surface area contributed by atoms with Gasteiger partial charge in [-0.05, 0) is 72.7 Å². The van der Waals surface area contributed by atoms with E-state index in [1.807, 2.05) is 24.3 Å². The summed E-state index contributed by atoms with van der Waals surface area (Å²) < 4.78 is 13.5. The molecule has 0 radical (unpaired) electrons. The minimum Gasteiger partial charge on any atom is -0.392 e. The number of hydroxylamine groups is 1. The highest BCUT2D eigenvalue weighted by molar-refractivity contribution is 5.76. The number of nitrogens with zero attached hydrogens (tertiary/aromatic N) is 1. The Bertz CT molecular complexity index is 1520. The topological polar surface area (TPSA) is 120 Å². The summed E-state index contributed by atoms with van der Waals surface area (Å²) >= 11 is 0. The van der Waals surface area contributed by atoms with E-state index in [2.05, 4.69) is 72.6 Å². The number of carbonyl (C=O) groups is 2. The van der Waals surface area contributed by atoms with Crippen LogP contribution in [0.2, 0.25) is 0 Å². The van der Waals surface area contributed by atoms with Crippen molar-refractivity contribution in [2.75, 3.05) is 19.6 Å². The molecule has 0 unspecified atom stereocenters. The van der Waals surface area contributed by atoms with Crippen LogP contribution in [0.4, 0.5) is 0 Å². The van der Waals surface area contributed by atoms with Crippen LogP contribution in [-0.2, 0) is 32.2 Å². The van der Waals surface area contributed by atoms with Gasteiger partial charge in [0, 0.05) is 37.9 Å². The van der Waals surface area contributed by atoms with Gasteiger partial charge in [0.15, 0.2) is 6.29 Å². The van der Waals surface area contributed by atoms with E-state index in [9.17, 15) is 14.7 Å². The molecule has 9 heteroatoms. The first kappa shape index (κ1) is 45.1. The first-order valence-corrected chi connectivity index (χ1v) is 21.5. The average molecular weight is 772 g/mol. The molecule has 3 aromatic carbocycles. The van der Waals surface area contributed by atoms with Crippen molar-refractivity contribution in [1.82, 2.24) is 15.7 Å². The Labute approximate surface area is 336 Å². The van der Waals surface area contributed by atoms with E-state index in [4.69, 9.17) is 14.7 Å². The molecule has 3 aromatic rings. The standard InChI is InChI=1S/C47H69N3O6/c1-3-5-7-9-11-15-30-50(31-16-12-10-8-6-4-2)35-43-33-44(40-24-22-37(36-51)23-25-40)56-47(55-43)41-28-26-39(27-29-41)42-19-17-18-38(32-42)34-48-45(52)20-13-14-21-46(53)49-54/h17-19,22-29,32,43-44,47,51,54H,3-16,20-21,30-31,33-36H2,1-2H3,(H,48,52)(H,49,53)/t43-,44+,47+/m1/s1. The van der Waals surface area contributed by atoms with Crippen molar-refractivity contribution in [3.8, 4) is 11.1 Å². The van der Waals surface area contributed by atoms with Gasteiger partial charge in [0.05, 0.1) is 18.8 Å². The van der Waals surface area contributed by atoms with Crippen molar-refractivity contribution >= 4 is 11.8 Å². The predicted molar refractivity (Wildman–Crippen MR) is 224 cm³/mol. The van der Waals surface area contributed by atoms with Gasteiger partial charge in [-0.3, -0.25) is 14.8 Å². The molecule has 4 N–H and O–H groups in total. The van der Waals surface area contributed by atoms with Crippen LogP contribution in [0.1, 0.15) is 158 Å². The summed E-state index contributed by atoms with van der Waals surface area (Å²) in [5.41, 5.74) is 7.72. The number of ether oxygens (including phenoxy) is 2. The van der Waals surface area contributed by atoms with Crippen LogP contribution < -0.4 is 10.8 Å². The van der Waals surface area contributed by atoms with Crippen molar-refractivity contribution in [3.05, 3.63) is 95.1 Å². The number of amides is 2. The second-order valence-corrected chi connectivity index (χ2v) is 15.5. The van der Waals surface area contributed by atoms with E-state index >= 15 is 0 Å². The van der Waals surface area contributed by atoms with Gasteiger partial charge in [-0.2, -0.15) is 0 Å². The molecule has 1 heterocycles. The average Bonchev–Trinajstić information content (AvgIpc) is 3.24. The minimum absolute atomic E-state index is 0.0167. The highest BCUT2D eigenvalue weighted by Crippen LogP contribution is 2.39. The molecular weight excluding hydrogens is 703 g/mol. The molecule has 4 rings (SSSR count). The van der Waals surface area contributed by atoms with Gasteiger partial charge in [0.1, 0.15) is 0 Å². The molecule has 0 bridgehead atoms. The fourth-order valence-corrected chi connectivity index (χ4v) is 7.46. The summed E-state index contributed by atoms with van der Waals surface area (Å²) in [6.45, 7) is 8.07. The first-order valence-electron chi connectivity index (χ1n) is 21.5. The molecule has 0 spiro atoms. The fraction of sp³-hybridized carbons (Fsp3) is 0.574. The van der Waals surface area contributed by atoms with Crippen molar-refractivity contribution in [3.63, 3.8) is 0 Å². The van der Waals surface area contributed by atoms with Gasteiger partial charge in [-0.1, -0.05) is 145 Å². The van der Waals surface area contributed by atoms with Crippen LogP contribution in [0.5, 0.6) is 0 Å². The summed E-state index contributed by atoms with van der Waals surface area (Å²) in [5, 5.41) is 21.3. The van der Waals surface area contributed by atoms with E-state index in [-0.39, 0.29) is 31.1 Å². The number of unbranched alkanes of at least 4 members (excludes halogenated alkanes) is 11. The number of benzene rings is 3. The quantitative estimate of drug-likeness (QED) is 0.0346. The van der Waals surface area contributed by atoms with Crippen LogP contribution >= 0.6 is 0 Å².